The number of carbonyl (C=O) groups is 2. The summed E-state index contributed by atoms with van der Waals surface area (Å²) in [5.74, 6) is -1.94. The summed E-state index contributed by atoms with van der Waals surface area (Å²) in [7, 11) is 0. The molecule has 1 aliphatic heterocycles. The Kier molecular flexibility index (Phi) is 2.75. The van der Waals surface area contributed by atoms with Crippen LogP contribution < -0.4 is 4.90 Å². The van der Waals surface area contributed by atoms with Gasteiger partial charge in [-0.1, -0.05) is 6.07 Å². The third-order valence-electron chi connectivity index (χ3n) is 2.90. The number of aryl methyl sites for hydroxylation is 1. The van der Waals surface area contributed by atoms with E-state index in [-0.39, 0.29) is 24.6 Å². The van der Waals surface area contributed by atoms with Gasteiger partial charge in [-0.3, -0.25) is 9.59 Å². The van der Waals surface area contributed by atoms with E-state index < -0.39 is 11.9 Å². The second-order valence-electron chi connectivity index (χ2n) is 4.24. The van der Waals surface area contributed by atoms with Gasteiger partial charge in [-0.05, 0) is 24.6 Å². The number of aromatic hydroxyl groups is 1. The monoisotopic (exact) mass is 235 g/mol. The fourth-order valence-corrected chi connectivity index (χ4v) is 1.96. The highest BCUT2D eigenvalue weighted by atomic mass is 16.4. The lowest BCUT2D eigenvalue weighted by molar-refractivity contribution is -0.141. The van der Waals surface area contributed by atoms with Crippen molar-refractivity contribution in [2.45, 2.75) is 13.3 Å². The summed E-state index contributed by atoms with van der Waals surface area (Å²) in [5, 5.41) is 18.6. The highest BCUT2D eigenvalue weighted by molar-refractivity contribution is 6.00. The van der Waals surface area contributed by atoms with Crippen LogP contribution in [0.2, 0.25) is 0 Å². The molecule has 5 heteroatoms. The van der Waals surface area contributed by atoms with Crippen LogP contribution >= 0.6 is 0 Å². The average Bonchev–Trinajstić information content (AvgIpc) is 2.64. The molecular weight excluding hydrogens is 222 g/mol. The van der Waals surface area contributed by atoms with Crippen LogP contribution in [0.25, 0.3) is 0 Å². The van der Waals surface area contributed by atoms with Crippen molar-refractivity contribution in [2.24, 2.45) is 5.92 Å². The maximum atomic E-state index is 11.7. The summed E-state index contributed by atoms with van der Waals surface area (Å²) in [6.45, 7) is 1.96. The van der Waals surface area contributed by atoms with E-state index in [4.69, 9.17) is 5.11 Å². The van der Waals surface area contributed by atoms with Crippen LogP contribution in [-0.4, -0.2) is 28.6 Å². The first-order chi connectivity index (χ1) is 7.99. The molecule has 2 rings (SSSR count). The molecule has 1 saturated heterocycles. The van der Waals surface area contributed by atoms with Crippen LogP contribution in [0.15, 0.2) is 18.2 Å². The quantitative estimate of drug-likeness (QED) is 0.805. The fraction of sp³-hybridized carbons (Fsp3) is 0.333. The molecule has 1 aromatic carbocycles. The number of benzene rings is 1. The van der Waals surface area contributed by atoms with E-state index in [2.05, 4.69) is 0 Å². The second-order valence-corrected chi connectivity index (χ2v) is 4.24. The largest absolute Gasteiger partial charge is 0.506 e. The lowest BCUT2D eigenvalue weighted by atomic mass is 10.1. The maximum Gasteiger partial charge on any atom is 0.308 e. The Labute approximate surface area is 98.3 Å². The van der Waals surface area contributed by atoms with Crippen LogP contribution in [0, 0.1) is 12.8 Å². The highest BCUT2D eigenvalue weighted by Crippen LogP contribution is 2.33. The molecule has 0 aromatic heterocycles. The van der Waals surface area contributed by atoms with Gasteiger partial charge in [-0.15, -0.1) is 0 Å². The van der Waals surface area contributed by atoms with Crippen molar-refractivity contribution >= 4 is 17.6 Å². The Morgan fingerprint density at radius 2 is 2.18 bits per heavy atom. The highest BCUT2D eigenvalue weighted by Gasteiger charge is 2.35. The van der Waals surface area contributed by atoms with Gasteiger partial charge in [0.2, 0.25) is 5.91 Å². The summed E-state index contributed by atoms with van der Waals surface area (Å²) < 4.78 is 0. The SMILES string of the molecule is Cc1ccc(O)c(N2C[C@H](C(=O)O)CC2=O)c1. The van der Waals surface area contributed by atoms with Crippen LogP contribution in [0.3, 0.4) is 0 Å². The number of rotatable bonds is 2. The summed E-state index contributed by atoms with van der Waals surface area (Å²) in [5.41, 5.74) is 1.29. The Balaban J connectivity index is 2.32. The number of amides is 1. The topological polar surface area (TPSA) is 77.8 Å². The van der Waals surface area contributed by atoms with Crippen LogP contribution in [0.1, 0.15) is 12.0 Å². The Morgan fingerprint density at radius 1 is 1.47 bits per heavy atom. The predicted octanol–water partition coefficient (Wildman–Crippen LogP) is 1.14. The van der Waals surface area contributed by atoms with E-state index in [1.54, 1.807) is 12.1 Å². The van der Waals surface area contributed by atoms with E-state index in [0.717, 1.165) is 5.56 Å². The number of nitrogens with zero attached hydrogens (tertiary/aromatic N) is 1. The Hall–Kier alpha value is -2.04. The zero-order chi connectivity index (χ0) is 12.6. The molecule has 17 heavy (non-hydrogen) atoms. The fourth-order valence-electron chi connectivity index (χ4n) is 1.96. The molecule has 1 fully saturated rings. The Bertz CT molecular complexity index is 483. The van der Waals surface area contributed by atoms with Gasteiger partial charge in [-0.2, -0.15) is 0 Å². The van der Waals surface area contributed by atoms with Crippen molar-refractivity contribution in [2.75, 3.05) is 11.4 Å². The first-order valence-electron chi connectivity index (χ1n) is 5.32. The minimum absolute atomic E-state index is 0.00464. The number of anilines is 1. The van der Waals surface area contributed by atoms with Crippen LogP contribution in [0.5, 0.6) is 5.75 Å². The third-order valence-corrected chi connectivity index (χ3v) is 2.90. The van der Waals surface area contributed by atoms with E-state index >= 15 is 0 Å². The molecule has 0 bridgehead atoms. The van der Waals surface area contributed by atoms with Crippen molar-refractivity contribution in [1.29, 1.82) is 0 Å². The number of carboxylic acids is 1. The molecular formula is C12H13NO4. The molecule has 1 aromatic rings. The van der Waals surface area contributed by atoms with E-state index in [1.165, 1.54) is 11.0 Å². The van der Waals surface area contributed by atoms with Gasteiger partial charge in [0, 0.05) is 13.0 Å². The number of hydrogen-bond acceptors (Lipinski definition) is 3. The molecule has 0 aliphatic carbocycles. The number of hydrogen-bond donors (Lipinski definition) is 2. The summed E-state index contributed by atoms with van der Waals surface area (Å²) in [6.07, 6.45) is -0.0112. The summed E-state index contributed by atoms with van der Waals surface area (Å²) in [4.78, 5) is 23.9. The Morgan fingerprint density at radius 3 is 2.76 bits per heavy atom. The molecule has 0 unspecified atom stereocenters. The third kappa shape index (κ3) is 2.08. The van der Waals surface area contributed by atoms with Gasteiger partial charge in [-0.25, -0.2) is 0 Å². The van der Waals surface area contributed by atoms with E-state index in [0.29, 0.717) is 5.69 Å². The van der Waals surface area contributed by atoms with Crippen molar-refractivity contribution in [3.8, 4) is 5.75 Å². The molecule has 5 nitrogen and oxygen atoms in total. The maximum absolute atomic E-state index is 11.7. The number of carboxylic acid groups (broad SMARTS) is 1. The molecule has 0 spiro atoms. The lowest BCUT2D eigenvalue weighted by Crippen LogP contribution is -2.25. The van der Waals surface area contributed by atoms with Gasteiger partial charge >= 0.3 is 5.97 Å². The zero-order valence-electron chi connectivity index (χ0n) is 9.38. The molecule has 2 N–H and O–H groups in total. The van der Waals surface area contributed by atoms with Gasteiger partial charge in [0.15, 0.2) is 0 Å². The molecule has 1 atom stereocenters. The van der Waals surface area contributed by atoms with Crippen LogP contribution in [0.4, 0.5) is 5.69 Å². The van der Waals surface area contributed by atoms with E-state index in [1.807, 2.05) is 6.92 Å². The van der Waals surface area contributed by atoms with E-state index in [9.17, 15) is 14.7 Å². The first-order valence-corrected chi connectivity index (χ1v) is 5.32. The average molecular weight is 235 g/mol. The minimum Gasteiger partial charge on any atom is -0.506 e. The number of phenolic OH excluding ortho intramolecular Hbond substituents is 1. The minimum atomic E-state index is -0.979. The van der Waals surface area contributed by atoms with Crippen LogP contribution in [-0.2, 0) is 9.59 Å². The van der Waals surface area contributed by atoms with Gasteiger partial charge in [0.1, 0.15) is 5.75 Å². The number of phenols is 1. The van der Waals surface area contributed by atoms with Gasteiger partial charge < -0.3 is 15.1 Å². The smallest absolute Gasteiger partial charge is 0.308 e. The summed E-state index contributed by atoms with van der Waals surface area (Å²) >= 11 is 0. The standard InChI is InChI=1S/C12H13NO4/c1-7-2-3-10(14)9(4-7)13-6-8(12(16)17)5-11(13)15/h2-4,8,14H,5-6H2,1H3,(H,16,17)/t8-/m1/s1. The molecule has 1 amide bonds. The molecule has 1 aliphatic rings. The van der Waals surface area contributed by atoms with Crippen molar-refractivity contribution in [3.05, 3.63) is 23.8 Å². The van der Waals surface area contributed by atoms with Crippen molar-refractivity contribution in [3.63, 3.8) is 0 Å². The van der Waals surface area contributed by atoms with Crippen molar-refractivity contribution < 1.29 is 19.8 Å². The summed E-state index contributed by atoms with van der Waals surface area (Å²) in [6, 6.07) is 4.91. The van der Waals surface area contributed by atoms with Gasteiger partial charge in [0.25, 0.3) is 0 Å². The normalized spacial score (nSPS) is 19.7. The van der Waals surface area contributed by atoms with Crippen molar-refractivity contribution in [1.82, 2.24) is 0 Å². The lowest BCUT2D eigenvalue weighted by Gasteiger charge is -2.17. The predicted molar refractivity (Wildman–Crippen MR) is 60.9 cm³/mol. The molecule has 90 valence electrons. The molecule has 0 radical (unpaired) electrons. The number of aliphatic carboxylic acids is 1. The second kappa shape index (κ2) is 4.08. The van der Waals surface area contributed by atoms with Gasteiger partial charge in [0.05, 0.1) is 11.6 Å². The zero-order valence-corrected chi connectivity index (χ0v) is 9.38. The molecule has 1 heterocycles. The number of carbonyl (C=O) groups excluding carboxylic acids is 1. The molecule has 0 saturated carbocycles. The first kappa shape index (κ1) is 11.4.